The van der Waals surface area contributed by atoms with Crippen molar-refractivity contribution in [1.82, 2.24) is 19.9 Å². The van der Waals surface area contributed by atoms with Crippen LogP contribution in [0.1, 0.15) is 55.0 Å². The van der Waals surface area contributed by atoms with Gasteiger partial charge in [0, 0.05) is 29.7 Å². The van der Waals surface area contributed by atoms with Crippen molar-refractivity contribution < 1.29 is 5.11 Å². The van der Waals surface area contributed by atoms with Crippen LogP contribution in [0.25, 0.3) is 10.9 Å². The number of fused-ring (bicyclic) bond motifs is 3. The number of aromatic hydroxyl groups is 1. The molecule has 7 heteroatoms. The minimum Gasteiger partial charge on any atom is -0.494 e. The molecule has 1 aliphatic carbocycles. The van der Waals surface area contributed by atoms with E-state index in [4.69, 9.17) is 0 Å². The van der Waals surface area contributed by atoms with Crippen molar-refractivity contribution >= 4 is 10.9 Å². The molecule has 0 spiro atoms. The molecule has 0 saturated heterocycles. The first kappa shape index (κ1) is 18.9. The standard InChI is InChI=1S/C23H26N4O3/c28-21-18(20-19-16(10-12-24-20)15-8-4-5-9-17(15)25-19)22(29)27(23(30)26-21)13-11-14-6-2-1-3-7-14/h4-6,8-9,20,24-25,29H,1-3,7,10-13H2,(H,26,28,30). The summed E-state index contributed by atoms with van der Waals surface area (Å²) in [6, 6.07) is 7.55. The summed E-state index contributed by atoms with van der Waals surface area (Å²) >= 11 is 0. The Kier molecular flexibility index (Phi) is 4.83. The zero-order valence-corrected chi connectivity index (χ0v) is 16.8. The van der Waals surface area contributed by atoms with E-state index >= 15 is 0 Å². The van der Waals surface area contributed by atoms with Crippen LogP contribution in [0.15, 0.2) is 45.5 Å². The van der Waals surface area contributed by atoms with Crippen molar-refractivity contribution in [3.8, 4) is 5.88 Å². The lowest BCUT2D eigenvalue weighted by molar-refractivity contribution is 0.381. The maximum absolute atomic E-state index is 12.7. The van der Waals surface area contributed by atoms with E-state index in [1.165, 1.54) is 23.0 Å². The Morgan fingerprint density at radius 2 is 1.97 bits per heavy atom. The Morgan fingerprint density at radius 1 is 1.10 bits per heavy atom. The van der Waals surface area contributed by atoms with Gasteiger partial charge in [-0.1, -0.05) is 29.8 Å². The van der Waals surface area contributed by atoms with E-state index in [-0.39, 0.29) is 11.4 Å². The molecule has 0 bridgehead atoms. The van der Waals surface area contributed by atoms with E-state index in [2.05, 4.69) is 27.4 Å². The van der Waals surface area contributed by atoms with Crippen molar-refractivity contribution in [3.05, 3.63) is 73.6 Å². The molecule has 2 aliphatic rings. The number of benzene rings is 1. The average molecular weight is 406 g/mol. The summed E-state index contributed by atoms with van der Waals surface area (Å²) in [6.45, 7) is 1.04. The van der Waals surface area contributed by atoms with E-state index in [1.807, 2.05) is 18.2 Å². The molecule has 5 rings (SSSR count). The van der Waals surface area contributed by atoms with Gasteiger partial charge in [-0.2, -0.15) is 0 Å². The molecule has 1 atom stereocenters. The molecular weight excluding hydrogens is 380 g/mol. The molecule has 2 aromatic heterocycles. The summed E-state index contributed by atoms with van der Waals surface area (Å²) < 4.78 is 1.30. The van der Waals surface area contributed by atoms with Crippen molar-refractivity contribution in [2.45, 2.75) is 51.1 Å². The van der Waals surface area contributed by atoms with Gasteiger partial charge < -0.3 is 15.4 Å². The largest absolute Gasteiger partial charge is 0.494 e. The highest BCUT2D eigenvalue weighted by atomic mass is 16.3. The Morgan fingerprint density at radius 3 is 2.80 bits per heavy atom. The summed E-state index contributed by atoms with van der Waals surface area (Å²) in [5.74, 6) is -0.246. The van der Waals surface area contributed by atoms with Crippen molar-refractivity contribution in [2.24, 2.45) is 0 Å². The molecular formula is C23H26N4O3. The Balaban J connectivity index is 1.56. The normalized spacial score (nSPS) is 18.9. The van der Waals surface area contributed by atoms with E-state index in [9.17, 15) is 14.7 Å². The number of aromatic amines is 2. The maximum atomic E-state index is 12.7. The van der Waals surface area contributed by atoms with Crippen LogP contribution in [0, 0.1) is 0 Å². The zero-order chi connectivity index (χ0) is 20.7. The minimum absolute atomic E-state index is 0.194. The third-order valence-electron chi connectivity index (χ3n) is 6.40. The smallest absolute Gasteiger partial charge is 0.331 e. The highest BCUT2D eigenvalue weighted by Gasteiger charge is 2.30. The summed E-state index contributed by atoms with van der Waals surface area (Å²) in [7, 11) is 0. The Hall–Kier alpha value is -3.06. The predicted molar refractivity (Wildman–Crippen MR) is 116 cm³/mol. The van der Waals surface area contributed by atoms with Crippen LogP contribution in [0.4, 0.5) is 0 Å². The van der Waals surface area contributed by atoms with Crippen LogP contribution in [-0.4, -0.2) is 26.2 Å². The predicted octanol–water partition coefficient (Wildman–Crippen LogP) is 2.85. The fraction of sp³-hybridized carbons (Fsp3) is 0.391. The van der Waals surface area contributed by atoms with Crippen molar-refractivity contribution in [2.75, 3.05) is 6.54 Å². The lowest BCUT2D eigenvalue weighted by atomic mass is 9.95. The van der Waals surface area contributed by atoms with Gasteiger partial charge in [0.05, 0.1) is 6.04 Å². The second-order valence-corrected chi connectivity index (χ2v) is 8.21. The van der Waals surface area contributed by atoms with Gasteiger partial charge in [-0.05, 0) is 50.2 Å². The first-order chi connectivity index (χ1) is 14.6. The molecule has 0 radical (unpaired) electrons. The number of para-hydroxylation sites is 1. The molecule has 4 N–H and O–H groups in total. The van der Waals surface area contributed by atoms with Gasteiger partial charge in [0.2, 0.25) is 5.88 Å². The third kappa shape index (κ3) is 3.19. The molecule has 1 unspecified atom stereocenters. The third-order valence-corrected chi connectivity index (χ3v) is 6.40. The van der Waals surface area contributed by atoms with Crippen LogP contribution in [-0.2, 0) is 13.0 Å². The maximum Gasteiger partial charge on any atom is 0.331 e. The summed E-state index contributed by atoms with van der Waals surface area (Å²) in [5.41, 5.74) is 3.43. The quantitative estimate of drug-likeness (QED) is 0.500. The molecule has 0 saturated carbocycles. The molecule has 1 aromatic carbocycles. The zero-order valence-electron chi connectivity index (χ0n) is 16.8. The summed E-state index contributed by atoms with van der Waals surface area (Å²) in [4.78, 5) is 31.0. The number of allylic oxidation sites excluding steroid dienone is 2. The van der Waals surface area contributed by atoms with E-state index in [1.54, 1.807) is 0 Å². The van der Waals surface area contributed by atoms with Gasteiger partial charge >= 0.3 is 5.69 Å². The second-order valence-electron chi connectivity index (χ2n) is 8.21. The first-order valence-electron chi connectivity index (χ1n) is 10.7. The van der Waals surface area contributed by atoms with Crippen LogP contribution in [0.2, 0.25) is 0 Å². The van der Waals surface area contributed by atoms with E-state index < -0.39 is 17.3 Å². The highest BCUT2D eigenvalue weighted by Crippen LogP contribution is 2.34. The first-order valence-corrected chi connectivity index (χ1v) is 10.7. The molecule has 3 aromatic rings. The van der Waals surface area contributed by atoms with E-state index in [0.29, 0.717) is 19.5 Å². The number of aromatic nitrogens is 3. The lowest BCUT2D eigenvalue weighted by Crippen LogP contribution is -2.39. The van der Waals surface area contributed by atoms with Gasteiger partial charge in [-0.15, -0.1) is 0 Å². The number of nitrogens with one attached hydrogen (secondary N) is 3. The topological polar surface area (TPSA) is 103 Å². The monoisotopic (exact) mass is 406 g/mol. The lowest BCUT2D eigenvalue weighted by Gasteiger charge is -2.25. The van der Waals surface area contributed by atoms with Gasteiger partial charge in [-0.25, -0.2) is 4.79 Å². The number of rotatable bonds is 4. The fourth-order valence-electron chi connectivity index (χ4n) is 4.86. The summed E-state index contributed by atoms with van der Waals surface area (Å²) in [6.07, 6.45) is 8.25. The number of hydrogen-bond donors (Lipinski definition) is 4. The SMILES string of the molecule is O=c1[nH]c(=O)n(CCC2=CCCCC2)c(O)c1C1NCCc2c1[nH]c1ccccc21. The Bertz CT molecular complexity index is 1250. The van der Waals surface area contributed by atoms with Crippen LogP contribution in [0.3, 0.4) is 0 Å². The van der Waals surface area contributed by atoms with Gasteiger partial charge in [0.25, 0.3) is 5.56 Å². The fourth-order valence-corrected chi connectivity index (χ4v) is 4.86. The van der Waals surface area contributed by atoms with Gasteiger partial charge in [0.15, 0.2) is 0 Å². The molecule has 30 heavy (non-hydrogen) atoms. The number of nitrogens with zero attached hydrogens (tertiary/aromatic N) is 1. The molecule has 156 valence electrons. The van der Waals surface area contributed by atoms with Crippen molar-refractivity contribution in [3.63, 3.8) is 0 Å². The highest BCUT2D eigenvalue weighted by molar-refractivity contribution is 5.85. The van der Waals surface area contributed by atoms with Crippen LogP contribution < -0.4 is 16.6 Å². The molecule has 7 nitrogen and oxygen atoms in total. The molecule has 0 amide bonds. The number of H-pyrrole nitrogens is 2. The van der Waals surface area contributed by atoms with Gasteiger partial charge in [0.1, 0.15) is 5.56 Å². The Labute approximate surface area is 173 Å². The average Bonchev–Trinajstić information content (AvgIpc) is 3.14. The molecule has 1 aliphatic heterocycles. The van der Waals surface area contributed by atoms with E-state index in [0.717, 1.165) is 41.4 Å². The van der Waals surface area contributed by atoms with Gasteiger partial charge in [-0.3, -0.25) is 14.3 Å². The van der Waals surface area contributed by atoms with Crippen LogP contribution >= 0.6 is 0 Å². The van der Waals surface area contributed by atoms with Crippen LogP contribution in [0.5, 0.6) is 5.88 Å². The molecule has 0 fully saturated rings. The summed E-state index contributed by atoms with van der Waals surface area (Å²) in [5, 5.41) is 15.5. The van der Waals surface area contributed by atoms with Crippen molar-refractivity contribution in [1.29, 1.82) is 0 Å². The number of hydrogen-bond acceptors (Lipinski definition) is 4. The molecule has 3 heterocycles. The minimum atomic E-state index is -0.565. The second kappa shape index (κ2) is 7.65.